The molecular weight excluding hydrogens is 278 g/mol. The molecule has 21 heavy (non-hydrogen) atoms. The standard InChI is InChI=1S/C13H15N3O5/c14-13(19)9-1-2-10(11(4-9)16(20)21)7-15-5-8(6-15)3-12(17)18/h1-2,4,8H,3,5-7H2,(H2,14,19)(H,17,18). The van der Waals surface area contributed by atoms with E-state index in [0.29, 0.717) is 25.2 Å². The lowest BCUT2D eigenvalue weighted by atomic mass is 9.95. The number of carboxylic acid groups (broad SMARTS) is 1. The molecule has 1 heterocycles. The quantitative estimate of drug-likeness (QED) is 0.584. The third kappa shape index (κ3) is 3.54. The Labute approximate surface area is 120 Å². The normalized spacial score (nSPS) is 15.4. The summed E-state index contributed by atoms with van der Waals surface area (Å²) in [6.45, 7) is 1.55. The zero-order chi connectivity index (χ0) is 15.6. The first-order chi connectivity index (χ1) is 9.86. The van der Waals surface area contributed by atoms with Crippen LogP contribution >= 0.6 is 0 Å². The highest BCUT2D eigenvalue weighted by molar-refractivity contribution is 5.93. The van der Waals surface area contributed by atoms with E-state index in [-0.39, 0.29) is 23.6 Å². The Bertz CT molecular complexity index is 595. The van der Waals surface area contributed by atoms with Crippen molar-refractivity contribution in [3.05, 3.63) is 39.4 Å². The van der Waals surface area contributed by atoms with E-state index in [1.54, 1.807) is 0 Å². The summed E-state index contributed by atoms with van der Waals surface area (Å²) < 4.78 is 0. The maximum absolute atomic E-state index is 11.1. The van der Waals surface area contributed by atoms with Gasteiger partial charge in [-0.05, 0) is 12.0 Å². The molecule has 1 aliphatic rings. The summed E-state index contributed by atoms with van der Waals surface area (Å²) in [4.78, 5) is 34.1. The van der Waals surface area contributed by atoms with Crippen LogP contribution in [0.5, 0.6) is 0 Å². The van der Waals surface area contributed by atoms with Gasteiger partial charge in [0, 0.05) is 36.8 Å². The highest BCUT2D eigenvalue weighted by atomic mass is 16.6. The van der Waals surface area contributed by atoms with Crippen molar-refractivity contribution >= 4 is 17.6 Å². The molecule has 3 N–H and O–H groups in total. The van der Waals surface area contributed by atoms with Gasteiger partial charge in [-0.15, -0.1) is 0 Å². The second-order valence-electron chi connectivity index (χ2n) is 5.12. The van der Waals surface area contributed by atoms with Gasteiger partial charge in [-0.3, -0.25) is 24.6 Å². The first kappa shape index (κ1) is 14.9. The summed E-state index contributed by atoms with van der Waals surface area (Å²) in [5.41, 5.74) is 5.54. The third-order valence-corrected chi connectivity index (χ3v) is 3.46. The van der Waals surface area contributed by atoms with Crippen LogP contribution in [0.15, 0.2) is 18.2 Å². The predicted octanol–water partition coefficient (Wildman–Crippen LogP) is 0.600. The van der Waals surface area contributed by atoms with Crippen molar-refractivity contribution in [2.24, 2.45) is 11.7 Å². The van der Waals surface area contributed by atoms with Crippen molar-refractivity contribution in [3.8, 4) is 0 Å². The number of likely N-dealkylation sites (tertiary alicyclic amines) is 1. The van der Waals surface area contributed by atoms with Crippen LogP contribution in [0.25, 0.3) is 0 Å². The average Bonchev–Trinajstić information content (AvgIpc) is 2.35. The highest BCUT2D eigenvalue weighted by Crippen LogP contribution is 2.26. The monoisotopic (exact) mass is 293 g/mol. The van der Waals surface area contributed by atoms with E-state index >= 15 is 0 Å². The van der Waals surface area contributed by atoms with Gasteiger partial charge in [-0.25, -0.2) is 0 Å². The van der Waals surface area contributed by atoms with Gasteiger partial charge in [0.25, 0.3) is 5.69 Å². The largest absolute Gasteiger partial charge is 0.481 e. The molecule has 0 atom stereocenters. The summed E-state index contributed by atoms with van der Waals surface area (Å²) in [6.07, 6.45) is 0.110. The molecule has 1 aromatic rings. The van der Waals surface area contributed by atoms with Crippen molar-refractivity contribution in [3.63, 3.8) is 0 Å². The Morgan fingerprint density at radius 3 is 2.62 bits per heavy atom. The lowest BCUT2D eigenvalue weighted by Crippen LogP contribution is -2.46. The molecule has 0 spiro atoms. The lowest BCUT2D eigenvalue weighted by Gasteiger charge is -2.38. The van der Waals surface area contributed by atoms with Crippen LogP contribution in [0.3, 0.4) is 0 Å². The van der Waals surface area contributed by atoms with Gasteiger partial charge in [0.2, 0.25) is 5.91 Å². The fourth-order valence-electron chi connectivity index (χ4n) is 2.44. The molecule has 0 unspecified atom stereocenters. The number of primary amides is 1. The van der Waals surface area contributed by atoms with Crippen molar-refractivity contribution in [2.45, 2.75) is 13.0 Å². The number of nitrogens with two attached hydrogens (primary N) is 1. The molecule has 1 aliphatic heterocycles. The SMILES string of the molecule is NC(=O)c1ccc(CN2CC(CC(=O)O)C2)c([N+](=O)[O-])c1. The van der Waals surface area contributed by atoms with E-state index in [1.165, 1.54) is 18.2 Å². The van der Waals surface area contributed by atoms with E-state index in [4.69, 9.17) is 10.8 Å². The van der Waals surface area contributed by atoms with Gasteiger partial charge in [0.15, 0.2) is 0 Å². The number of hydrogen-bond donors (Lipinski definition) is 2. The van der Waals surface area contributed by atoms with Crippen LogP contribution in [-0.2, 0) is 11.3 Å². The first-order valence-electron chi connectivity index (χ1n) is 6.38. The molecule has 8 heteroatoms. The maximum Gasteiger partial charge on any atom is 0.303 e. The van der Waals surface area contributed by atoms with E-state index < -0.39 is 16.8 Å². The molecule has 1 fully saturated rings. The zero-order valence-electron chi connectivity index (χ0n) is 11.2. The average molecular weight is 293 g/mol. The van der Waals surface area contributed by atoms with Gasteiger partial charge < -0.3 is 10.8 Å². The number of carbonyl (C=O) groups is 2. The number of hydrogen-bond acceptors (Lipinski definition) is 5. The minimum atomic E-state index is -0.837. The summed E-state index contributed by atoms with van der Waals surface area (Å²) in [6, 6.07) is 4.15. The number of rotatable bonds is 6. The van der Waals surface area contributed by atoms with Crippen LogP contribution in [0.4, 0.5) is 5.69 Å². The summed E-state index contributed by atoms with van der Waals surface area (Å²) in [5, 5.41) is 19.7. The second-order valence-corrected chi connectivity index (χ2v) is 5.12. The van der Waals surface area contributed by atoms with E-state index in [2.05, 4.69) is 0 Å². The van der Waals surface area contributed by atoms with Crippen molar-refractivity contribution < 1.29 is 19.6 Å². The summed E-state index contributed by atoms with van der Waals surface area (Å²) in [5.74, 6) is -1.46. The Balaban J connectivity index is 2.06. The van der Waals surface area contributed by atoms with Gasteiger partial charge in [0.05, 0.1) is 11.3 Å². The smallest absolute Gasteiger partial charge is 0.303 e. The van der Waals surface area contributed by atoms with Crippen LogP contribution in [0.1, 0.15) is 22.3 Å². The topological polar surface area (TPSA) is 127 Å². The second kappa shape index (κ2) is 5.88. The number of benzene rings is 1. The summed E-state index contributed by atoms with van der Waals surface area (Å²) >= 11 is 0. The molecule has 0 bridgehead atoms. The molecule has 0 saturated carbocycles. The Kier molecular flexibility index (Phi) is 4.18. The van der Waals surface area contributed by atoms with Crippen LogP contribution in [-0.4, -0.2) is 39.9 Å². The minimum absolute atomic E-state index is 0.0893. The fourth-order valence-corrected chi connectivity index (χ4v) is 2.44. The van der Waals surface area contributed by atoms with Gasteiger partial charge in [0.1, 0.15) is 0 Å². The fraction of sp³-hybridized carbons (Fsp3) is 0.385. The van der Waals surface area contributed by atoms with Crippen molar-refractivity contribution in [1.29, 1.82) is 0 Å². The molecule has 0 aliphatic carbocycles. The van der Waals surface area contributed by atoms with Crippen LogP contribution in [0.2, 0.25) is 0 Å². The van der Waals surface area contributed by atoms with Crippen molar-refractivity contribution in [2.75, 3.05) is 13.1 Å². The van der Waals surface area contributed by atoms with Gasteiger partial charge >= 0.3 is 5.97 Å². The number of nitro benzene ring substituents is 1. The predicted molar refractivity (Wildman–Crippen MR) is 72.6 cm³/mol. The molecule has 0 radical (unpaired) electrons. The van der Waals surface area contributed by atoms with E-state index in [1.807, 2.05) is 4.90 Å². The number of nitrogens with zero attached hydrogens (tertiary/aromatic N) is 2. The zero-order valence-corrected chi connectivity index (χ0v) is 11.2. The molecule has 2 rings (SSSR count). The molecule has 112 valence electrons. The molecular formula is C13H15N3O5. The van der Waals surface area contributed by atoms with Gasteiger partial charge in [-0.1, -0.05) is 6.07 Å². The number of carboxylic acids is 1. The molecule has 1 saturated heterocycles. The molecule has 1 aromatic carbocycles. The number of amides is 1. The van der Waals surface area contributed by atoms with Gasteiger partial charge in [-0.2, -0.15) is 0 Å². The van der Waals surface area contributed by atoms with E-state index in [0.717, 1.165) is 0 Å². The lowest BCUT2D eigenvalue weighted by molar-refractivity contribution is -0.385. The number of nitro groups is 1. The molecule has 8 nitrogen and oxygen atoms in total. The maximum atomic E-state index is 11.1. The summed E-state index contributed by atoms with van der Waals surface area (Å²) in [7, 11) is 0. The van der Waals surface area contributed by atoms with Crippen molar-refractivity contribution in [1.82, 2.24) is 4.90 Å². The molecule has 0 aromatic heterocycles. The molecule has 1 amide bonds. The number of carbonyl (C=O) groups excluding carboxylic acids is 1. The Morgan fingerprint density at radius 1 is 1.43 bits per heavy atom. The Morgan fingerprint density at radius 2 is 2.10 bits per heavy atom. The minimum Gasteiger partial charge on any atom is -0.481 e. The van der Waals surface area contributed by atoms with E-state index in [9.17, 15) is 19.7 Å². The van der Waals surface area contributed by atoms with Crippen LogP contribution in [0, 0.1) is 16.0 Å². The number of aliphatic carboxylic acids is 1. The highest BCUT2D eigenvalue weighted by Gasteiger charge is 2.30. The first-order valence-corrected chi connectivity index (χ1v) is 6.38. The van der Waals surface area contributed by atoms with Crippen LogP contribution < -0.4 is 5.73 Å². The Hall–Kier alpha value is -2.48. The third-order valence-electron chi connectivity index (χ3n) is 3.46.